The molecule has 0 saturated heterocycles. The third-order valence-electron chi connectivity index (χ3n) is 2.80. The molecule has 1 aromatic carbocycles. The van der Waals surface area contributed by atoms with Crippen molar-refractivity contribution in [3.63, 3.8) is 0 Å². The third kappa shape index (κ3) is 6.62. The third-order valence-corrected chi connectivity index (χ3v) is 2.80. The lowest BCUT2D eigenvalue weighted by molar-refractivity contribution is -0.149. The van der Waals surface area contributed by atoms with Crippen LogP contribution >= 0.6 is 0 Å². The normalized spacial score (nSPS) is 11.2. The van der Waals surface area contributed by atoms with Crippen LogP contribution in [-0.2, 0) is 14.3 Å². The van der Waals surface area contributed by atoms with Gasteiger partial charge in [-0.2, -0.15) is 5.26 Å². The molecule has 25 heavy (non-hydrogen) atoms. The van der Waals surface area contributed by atoms with E-state index in [1.807, 2.05) is 6.07 Å². The number of urea groups is 1. The maximum atomic E-state index is 11.7. The highest BCUT2D eigenvalue weighted by atomic mass is 16.5. The van der Waals surface area contributed by atoms with Gasteiger partial charge in [-0.3, -0.25) is 10.1 Å². The molecule has 0 heterocycles. The van der Waals surface area contributed by atoms with Gasteiger partial charge in [0, 0.05) is 6.08 Å². The van der Waals surface area contributed by atoms with Gasteiger partial charge in [-0.15, -0.1) is 0 Å². The molecule has 0 aliphatic carbocycles. The maximum Gasteiger partial charge on any atom is 0.331 e. The Labute approximate surface area is 143 Å². The molecule has 0 aliphatic rings. The van der Waals surface area contributed by atoms with Gasteiger partial charge in [-0.05, 0) is 30.7 Å². The number of imide groups is 1. The van der Waals surface area contributed by atoms with Crippen molar-refractivity contribution in [1.29, 1.82) is 5.26 Å². The van der Waals surface area contributed by atoms with Gasteiger partial charge < -0.3 is 19.9 Å². The Morgan fingerprint density at radius 2 is 2.08 bits per heavy atom. The van der Waals surface area contributed by atoms with Crippen LogP contribution in [0.25, 0.3) is 6.08 Å². The van der Waals surface area contributed by atoms with Gasteiger partial charge in [0.1, 0.15) is 6.07 Å². The molecule has 0 spiro atoms. The van der Waals surface area contributed by atoms with E-state index in [9.17, 15) is 14.4 Å². The number of carbonyl (C=O) groups is 3. The van der Waals surface area contributed by atoms with E-state index in [1.165, 1.54) is 20.1 Å². The van der Waals surface area contributed by atoms with Crippen LogP contribution < -0.4 is 20.5 Å². The lowest BCUT2D eigenvalue weighted by Gasteiger charge is -2.10. The van der Waals surface area contributed by atoms with Crippen molar-refractivity contribution in [2.75, 3.05) is 13.7 Å². The lowest BCUT2D eigenvalue weighted by Crippen LogP contribution is -2.42. The predicted molar refractivity (Wildman–Crippen MR) is 86.4 cm³/mol. The summed E-state index contributed by atoms with van der Waals surface area (Å²) in [6.07, 6.45) is 1.37. The monoisotopic (exact) mass is 347 g/mol. The first-order valence-corrected chi connectivity index (χ1v) is 7.04. The first kappa shape index (κ1) is 19.5. The van der Waals surface area contributed by atoms with E-state index < -0.39 is 24.0 Å². The number of amides is 3. The number of nitriles is 1. The minimum atomic E-state index is -1.18. The molecule has 0 bridgehead atoms. The van der Waals surface area contributed by atoms with Crippen LogP contribution in [-0.4, -0.2) is 37.7 Å². The van der Waals surface area contributed by atoms with E-state index in [4.69, 9.17) is 25.2 Å². The fraction of sp³-hybridized carbons (Fsp3) is 0.250. The molecule has 132 valence electrons. The first-order chi connectivity index (χ1) is 11.9. The summed E-state index contributed by atoms with van der Waals surface area (Å²) in [5, 5.41) is 10.3. The molecular weight excluding hydrogens is 330 g/mol. The van der Waals surface area contributed by atoms with Crippen molar-refractivity contribution in [3.8, 4) is 17.6 Å². The van der Waals surface area contributed by atoms with Gasteiger partial charge in [-0.25, -0.2) is 9.59 Å². The minimum Gasteiger partial charge on any atom is -0.493 e. The molecule has 9 heteroatoms. The molecule has 1 aromatic rings. The number of carbonyl (C=O) groups excluding carboxylic acids is 3. The van der Waals surface area contributed by atoms with E-state index in [0.29, 0.717) is 17.1 Å². The lowest BCUT2D eigenvalue weighted by atomic mass is 10.2. The number of hydrogen-bond donors (Lipinski definition) is 2. The molecule has 0 fully saturated rings. The van der Waals surface area contributed by atoms with Crippen molar-refractivity contribution in [2.45, 2.75) is 13.0 Å². The Balaban J connectivity index is 2.71. The van der Waals surface area contributed by atoms with Crippen LogP contribution in [0.3, 0.4) is 0 Å². The number of primary amides is 1. The SMILES string of the molecule is COc1cc(C=CC(=O)OC(C)C(=O)NC(N)=O)ccc1OCC#N. The number of nitrogens with one attached hydrogen (secondary N) is 1. The molecule has 0 saturated carbocycles. The molecule has 1 rings (SSSR count). The molecule has 1 unspecified atom stereocenters. The highest BCUT2D eigenvalue weighted by molar-refractivity contribution is 5.97. The van der Waals surface area contributed by atoms with Crippen LogP contribution in [0.4, 0.5) is 4.79 Å². The highest BCUT2D eigenvalue weighted by Crippen LogP contribution is 2.28. The number of benzene rings is 1. The van der Waals surface area contributed by atoms with Crippen LogP contribution in [0, 0.1) is 11.3 Å². The summed E-state index contributed by atoms with van der Waals surface area (Å²) in [6.45, 7) is 1.18. The van der Waals surface area contributed by atoms with E-state index >= 15 is 0 Å². The number of ether oxygens (including phenoxy) is 3. The fourth-order valence-electron chi connectivity index (χ4n) is 1.67. The van der Waals surface area contributed by atoms with E-state index in [-0.39, 0.29) is 6.61 Å². The van der Waals surface area contributed by atoms with E-state index in [0.717, 1.165) is 6.08 Å². The van der Waals surface area contributed by atoms with Crippen LogP contribution in [0.2, 0.25) is 0 Å². The van der Waals surface area contributed by atoms with Gasteiger partial charge in [0.15, 0.2) is 24.2 Å². The van der Waals surface area contributed by atoms with Gasteiger partial charge in [0.05, 0.1) is 7.11 Å². The summed E-state index contributed by atoms with van der Waals surface area (Å²) in [7, 11) is 1.44. The second kappa shape index (κ2) is 9.57. The van der Waals surface area contributed by atoms with Gasteiger partial charge in [-0.1, -0.05) is 6.07 Å². The molecule has 3 amide bonds. The second-order valence-corrected chi connectivity index (χ2v) is 4.62. The van der Waals surface area contributed by atoms with Crippen LogP contribution in [0.1, 0.15) is 12.5 Å². The predicted octanol–water partition coefficient (Wildman–Crippen LogP) is 0.737. The standard InChI is InChI=1S/C16H17N3O6/c1-10(15(21)19-16(18)22)25-14(20)6-4-11-3-5-12(24-8-7-17)13(9-11)23-2/h3-6,9-10H,8H2,1-2H3,(H3,18,19,21,22). The van der Waals surface area contributed by atoms with Crippen molar-refractivity contribution in [1.82, 2.24) is 5.32 Å². The molecular formula is C16H17N3O6. The first-order valence-electron chi connectivity index (χ1n) is 7.04. The number of nitrogens with zero attached hydrogens (tertiary/aromatic N) is 1. The van der Waals surface area contributed by atoms with E-state index in [1.54, 1.807) is 23.5 Å². The maximum absolute atomic E-state index is 11.7. The number of rotatable bonds is 7. The minimum absolute atomic E-state index is 0.122. The van der Waals surface area contributed by atoms with Crippen molar-refractivity contribution in [2.24, 2.45) is 5.73 Å². The second-order valence-electron chi connectivity index (χ2n) is 4.62. The molecule has 9 nitrogen and oxygen atoms in total. The molecule has 0 aromatic heterocycles. The van der Waals surface area contributed by atoms with Gasteiger partial charge >= 0.3 is 12.0 Å². The molecule has 0 aliphatic heterocycles. The molecule has 1 atom stereocenters. The molecule has 3 N–H and O–H groups in total. The van der Waals surface area contributed by atoms with E-state index in [2.05, 4.69) is 0 Å². The topological polar surface area (TPSA) is 141 Å². The summed E-state index contributed by atoms with van der Waals surface area (Å²) in [5.74, 6) is -0.827. The van der Waals surface area contributed by atoms with Gasteiger partial charge in [0.25, 0.3) is 5.91 Å². The average Bonchev–Trinajstić information content (AvgIpc) is 2.57. The summed E-state index contributed by atoms with van der Waals surface area (Å²) in [4.78, 5) is 33.6. The summed E-state index contributed by atoms with van der Waals surface area (Å²) >= 11 is 0. The van der Waals surface area contributed by atoms with Crippen molar-refractivity contribution in [3.05, 3.63) is 29.8 Å². The zero-order valence-electron chi connectivity index (χ0n) is 13.6. The van der Waals surface area contributed by atoms with Crippen LogP contribution in [0.15, 0.2) is 24.3 Å². The smallest absolute Gasteiger partial charge is 0.331 e. The molecule has 0 radical (unpaired) electrons. The van der Waals surface area contributed by atoms with Crippen molar-refractivity contribution >= 4 is 24.0 Å². The van der Waals surface area contributed by atoms with Crippen LogP contribution in [0.5, 0.6) is 11.5 Å². The zero-order valence-corrected chi connectivity index (χ0v) is 13.6. The Morgan fingerprint density at radius 3 is 2.68 bits per heavy atom. The summed E-state index contributed by atoms with van der Waals surface area (Å²) < 4.78 is 15.2. The summed E-state index contributed by atoms with van der Waals surface area (Å²) in [5.41, 5.74) is 5.41. The average molecular weight is 347 g/mol. The Morgan fingerprint density at radius 1 is 1.36 bits per heavy atom. The Bertz CT molecular complexity index is 723. The Hall–Kier alpha value is -3.54. The fourth-order valence-corrected chi connectivity index (χ4v) is 1.67. The number of esters is 1. The van der Waals surface area contributed by atoms with Crippen molar-refractivity contribution < 1.29 is 28.6 Å². The highest BCUT2D eigenvalue weighted by Gasteiger charge is 2.17. The van der Waals surface area contributed by atoms with Gasteiger partial charge in [0.2, 0.25) is 0 Å². The zero-order chi connectivity index (χ0) is 18.8. The largest absolute Gasteiger partial charge is 0.493 e. The summed E-state index contributed by atoms with van der Waals surface area (Å²) in [6, 6.07) is 5.64. The number of hydrogen-bond acceptors (Lipinski definition) is 7. The Kier molecular flexibility index (Phi) is 7.46. The quantitative estimate of drug-likeness (QED) is 0.547. The number of nitrogens with two attached hydrogens (primary N) is 1. The number of methoxy groups -OCH3 is 1.